The largest absolute Gasteiger partial charge is 0.379 e. The van der Waals surface area contributed by atoms with Crippen molar-refractivity contribution in [3.05, 3.63) is 53.1 Å². The predicted octanol–water partition coefficient (Wildman–Crippen LogP) is 3.10. The van der Waals surface area contributed by atoms with Crippen LogP contribution < -0.4 is 5.32 Å². The van der Waals surface area contributed by atoms with Gasteiger partial charge < -0.3 is 10.1 Å². The lowest BCUT2D eigenvalue weighted by atomic mass is 10.1. The molecule has 3 rings (SSSR count). The fraction of sp³-hybridized carbons (Fsp3) is 0.474. The maximum atomic E-state index is 5.43. The Morgan fingerprint density at radius 3 is 2.67 bits per heavy atom. The highest BCUT2D eigenvalue weighted by Crippen LogP contribution is 2.24. The van der Waals surface area contributed by atoms with Crippen molar-refractivity contribution in [2.75, 3.05) is 31.6 Å². The summed E-state index contributed by atoms with van der Waals surface area (Å²) in [4.78, 5) is 11.2. The van der Waals surface area contributed by atoms with Gasteiger partial charge in [-0.3, -0.25) is 14.9 Å². The molecule has 1 saturated heterocycles. The van der Waals surface area contributed by atoms with Crippen LogP contribution in [0.25, 0.3) is 0 Å². The van der Waals surface area contributed by atoms with E-state index in [1.807, 2.05) is 6.92 Å². The Balaban J connectivity index is 1.72. The van der Waals surface area contributed by atoms with Gasteiger partial charge in [-0.1, -0.05) is 12.1 Å². The number of nitrogens with zero attached hydrogens (tertiary/aromatic N) is 3. The molecule has 128 valence electrons. The molecule has 24 heavy (non-hydrogen) atoms. The Hall–Kier alpha value is -1.98. The summed E-state index contributed by atoms with van der Waals surface area (Å²) < 4.78 is 5.43. The number of ether oxygens (including phenoxy) is 1. The molecule has 2 aromatic rings. The quantitative estimate of drug-likeness (QED) is 0.915. The van der Waals surface area contributed by atoms with Crippen LogP contribution in [0.2, 0.25) is 0 Å². The Bertz CT molecular complexity index is 683. The van der Waals surface area contributed by atoms with Gasteiger partial charge in [0.1, 0.15) is 0 Å². The second-order valence-electron chi connectivity index (χ2n) is 6.43. The van der Waals surface area contributed by atoms with Gasteiger partial charge >= 0.3 is 0 Å². The van der Waals surface area contributed by atoms with Crippen molar-refractivity contribution in [2.24, 2.45) is 0 Å². The first-order valence-electron chi connectivity index (χ1n) is 8.57. The molecule has 0 amide bonds. The monoisotopic (exact) mass is 326 g/mol. The summed E-state index contributed by atoms with van der Waals surface area (Å²) in [6.45, 7) is 10.9. The Morgan fingerprint density at radius 2 is 1.92 bits per heavy atom. The van der Waals surface area contributed by atoms with E-state index in [-0.39, 0.29) is 6.04 Å². The zero-order valence-corrected chi connectivity index (χ0v) is 14.7. The van der Waals surface area contributed by atoms with Crippen molar-refractivity contribution in [1.82, 2.24) is 14.9 Å². The number of benzene rings is 1. The number of aryl methyl sites for hydroxylation is 2. The minimum absolute atomic E-state index is 0.121. The van der Waals surface area contributed by atoms with E-state index in [9.17, 15) is 0 Å². The first kappa shape index (κ1) is 16.9. The van der Waals surface area contributed by atoms with Gasteiger partial charge in [-0.2, -0.15) is 0 Å². The van der Waals surface area contributed by atoms with Crippen LogP contribution in [-0.4, -0.2) is 41.2 Å². The normalized spacial score (nSPS) is 16.8. The van der Waals surface area contributed by atoms with E-state index in [0.717, 1.165) is 44.2 Å². The van der Waals surface area contributed by atoms with Gasteiger partial charge in [-0.25, -0.2) is 0 Å². The predicted molar refractivity (Wildman–Crippen MR) is 96.1 cm³/mol. The molecular weight excluding hydrogens is 300 g/mol. The van der Waals surface area contributed by atoms with E-state index >= 15 is 0 Å². The Morgan fingerprint density at radius 1 is 1.17 bits per heavy atom. The maximum absolute atomic E-state index is 5.43. The van der Waals surface area contributed by atoms with Gasteiger partial charge in [0.05, 0.1) is 30.6 Å². The standard InChI is InChI=1S/C19H26N4O/c1-14-4-5-17(13-23-8-10-24-11-9-23)12-18(14)22-16(3)19-15(2)20-6-7-21-19/h4-7,12,16,22H,8-11,13H2,1-3H3. The highest BCUT2D eigenvalue weighted by Gasteiger charge is 2.14. The fourth-order valence-corrected chi connectivity index (χ4v) is 3.09. The van der Waals surface area contributed by atoms with Gasteiger partial charge in [-0.15, -0.1) is 0 Å². The molecule has 1 fully saturated rings. The van der Waals surface area contributed by atoms with E-state index < -0.39 is 0 Å². The first-order valence-corrected chi connectivity index (χ1v) is 8.57. The smallest absolute Gasteiger partial charge is 0.0835 e. The van der Waals surface area contributed by atoms with Crippen LogP contribution in [0.15, 0.2) is 30.6 Å². The molecule has 1 aromatic carbocycles. The van der Waals surface area contributed by atoms with Gasteiger partial charge in [0, 0.05) is 37.7 Å². The molecule has 0 saturated carbocycles. The van der Waals surface area contributed by atoms with Crippen molar-refractivity contribution in [1.29, 1.82) is 0 Å². The highest BCUT2D eigenvalue weighted by molar-refractivity contribution is 5.54. The number of anilines is 1. The van der Waals surface area contributed by atoms with Crippen molar-refractivity contribution >= 4 is 5.69 Å². The first-order chi connectivity index (χ1) is 11.6. The van der Waals surface area contributed by atoms with Crippen LogP contribution in [0.5, 0.6) is 0 Å². The number of hydrogen-bond acceptors (Lipinski definition) is 5. The summed E-state index contributed by atoms with van der Waals surface area (Å²) in [5.74, 6) is 0. The lowest BCUT2D eigenvalue weighted by molar-refractivity contribution is 0.0342. The van der Waals surface area contributed by atoms with Crippen LogP contribution >= 0.6 is 0 Å². The average molecular weight is 326 g/mol. The fourth-order valence-electron chi connectivity index (χ4n) is 3.09. The molecule has 0 bridgehead atoms. The van der Waals surface area contributed by atoms with Gasteiger partial charge in [0.15, 0.2) is 0 Å². The second kappa shape index (κ2) is 7.73. The summed E-state index contributed by atoms with van der Waals surface area (Å²) in [5, 5.41) is 3.60. The molecule has 1 aliphatic heterocycles. The SMILES string of the molecule is Cc1ccc(CN2CCOCC2)cc1NC(C)c1nccnc1C. The summed E-state index contributed by atoms with van der Waals surface area (Å²) in [6.07, 6.45) is 3.49. The summed E-state index contributed by atoms with van der Waals surface area (Å²) >= 11 is 0. The third kappa shape index (κ3) is 4.10. The molecule has 1 unspecified atom stereocenters. The van der Waals surface area contributed by atoms with Crippen LogP contribution in [0.3, 0.4) is 0 Å². The molecule has 5 nitrogen and oxygen atoms in total. The lowest BCUT2D eigenvalue weighted by Crippen LogP contribution is -2.35. The minimum atomic E-state index is 0.121. The number of morpholine rings is 1. The zero-order chi connectivity index (χ0) is 16.9. The van der Waals surface area contributed by atoms with Gasteiger partial charge in [0.2, 0.25) is 0 Å². The van der Waals surface area contributed by atoms with Gasteiger partial charge in [0.25, 0.3) is 0 Å². The number of hydrogen-bond donors (Lipinski definition) is 1. The third-order valence-corrected chi connectivity index (χ3v) is 4.51. The van der Waals surface area contributed by atoms with E-state index in [2.05, 4.69) is 52.2 Å². The van der Waals surface area contributed by atoms with E-state index in [1.54, 1.807) is 12.4 Å². The summed E-state index contributed by atoms with van der Waals surface area (Å²) in [6, 6.07) is 6.78. The van der Waals surface area contributed by atoms with Crippen LogP contribution in [0.1, 0.15) is 35.5 Å². The number of nitrogens with one attached hydrogen (secondary N) is 1. The summed E-state index contributed by atoms with van der Waals surface area (Å²) in [5.41, 5.74) is 5.70. The molecular formula is C19H26N4O. The van der Waals surface area contributed by atoms with Crippen molar-refractivity contribution in [3.63, 3.8) is 0 Å². The van der Waals surface area contributed by atoms with Crippen molar-refractivity contribution in [2.45, 2.75) is 33.4 Å². The Kier molecular flexibility index (Phi) is 5.43. The molecule has 0 radical (unpaired) electrons. The third-order valence-electron chi connectivity index (χ3n) is 4.51. The molecule has 0 spiro atoms. The maximum Gasteiger partial charge on any atom is 0.0835 e. The molecule has 1 aromatic heterocycles. The number of aromatic nitrogens is 2. The van der Waals surface area contributed by atoms with Crippen molar-refractivity contribution in [3.8, 4) is 0 Å². The molecule has 1 N–H and O–H groups in total. The molecule has 5 heteroatoms. The second-order valence-corrected chi connectivity index (χ2v) is 6.43. The average Bonchev–Trinajstić information content (AvgIpc) is 2.59. The van der Waals surface area contributed by atoms with Crippen LogP contribution in [0.4, 0.5) is 5.69 Å². The molecule has 0 aliphatic carbocycles. The topological polar surface area (TPSA) is 50.3 Å². The summed E-state index contributed by atoms with van der Waals surface area (Å²) in [7, 11) is 0. The van der Waals surface area contributed by atoms with Crippen molar-refractivity contribution < 1.29 is 4.74 Å². The molecule has 1 atom stereocenters. The van der Waals surface area contributed by atoms with E-state index in [0.29, 0.717) is 0 Å². The molecule has 1 aliphatic rings. The number of rotatable bonds is 5. The molecule has 2 heterocycles. The van der Waals surface area contributed by atoms with E-state index in [1.165, 1.54) is 16.8 Å². The van der Waals surface area contributed by atoms with Crippen LogP contribution in [0, 0.1) is 13.8 Å². The lowest BCUT2D eigenvalue weighted by Gasteiger charge is -2.27. The van der Waals surface area contributed by atoms with E-state index in [4.69, 9.17) is 4.74 Å². The Labute approximate surface area is 144 Å². The minimum Gasteiger partial charge on any atom is -0.379 e. The van der Waals surface area contributed by atoms with Gasteiger partial charge in [-0.05, 0) is 38.0 Å². The zero-order valence-electron chi connectivity index (χ0n) is 14.7. The van der Waals surface area contributed by atoms with Crippen LogP contribution in [-0.2, 0) is 11.3 Å². The highest BCUT2D eigenvalue weighted by atomic mass is 16.5.